The summed E-state index contributed by atoms with van der Waals surface area (Å²) in [5.41, 5.74) is 2.17. The predicted molar refractivity (Wildman–Crippen MR) is 97.2 cm³/mol. The minimum absolute atomic E-state index is 0.186. The van der Waals surface area contributed by atoms with Crippen LogP contribution >= 0.6 is 15.9 Å². The fraction of sp³-hybridized carbons (Fsp3) is 0.316. The summed E-state index contributed by atoms with van der Waals surface area (Å²) in [4.78, 5) is 13.4. The SMILES string of the molecule is CCC(=O)c1cccc(Br)c1.CCN(C)Cc1ccccc1. The van der Waals surface area contributed by atoms with Gasteiger partial charge in [0.2, 0.25) is 0 Å². The summed E-state index contributed by atoms with van der Waals surface area (Å²) >= 11 is 3.31. The Labute approximate surface area is 142 Å². The summed E-state index contributed by atoms with van der Waals surface area (Å²) in [6, 6.07) is 18.0. The van der Waals surface area contributed by atoms with Gasteiger partial charge in [0.1, 0.15) is 0 Å². The van der Waals surface area contributed by atoms with E-state index in [1.807, 2.05) is 31.2 Å². The maximum atomic E-state index is 11.1. The zero-order valence-corrected chi connectivity index (χ0v) is 15.1. The summed E-state index contributed by atoms with van der Waals surface area (Å²) in [5, 5.41) is 0. The van der Waals surface area contributed by atoms with E-state index in [2.05, 4.69) is 65.1 Å². The van der Waals surface area contributed by atoms with Gasteiger partial charge in [-0.3, -0.25) is 4.79 Å². The first kappa shape index (κ1) is 18.6. The summed E-state index contributed by atoms with van der Waals surface area (Å²) in [7, 11) is 2.13. The van der Waals surface area contributed by atoms with Crippen LogP contribution in [-0.4, -0.2) is 24.3 Å². The molecule has 3 heteroatoms. The summed E-state index contributed by atoms with van der Waals surface area (Å²) < 4.78 is 0.955. The molecule has 0 radical (unpaired) electrons. The maximum Gasteiger partial charge on any atom is 0.162 e. The average Bonchev–Trinajstić information content (AvgIpc) is 2.55. The molecule has 0 saturated heterocycles. The van der Waals surface area contributed by atoms with E-state index >= 15 is 0 Å². The van der Waals surface area contributed by atoms with Crippen molar-refractivity contribution < 1.29 is 4.79 Å². The first-order valence-electron chi connectivity index (χ1n) is 7.58. The zero-order chi connectivity index (χ0) is 16.4. The lowest BCUT2D eigenvalue weighted by Gasteiger charge is -2.12. The summed E-state index contributed by atoms with van der Waals surface area (Å²) in [6.07, 6.45) is 0.566. The van der Waals surface area contributed by atoms with Crippen molar-refractivity contribution in [3.05, 3.63) is 70.2 Å². The molecule has 0 amide bonds. The Hall–Kier alpha value is -1.45. The topological polar surface area (TPSA) is 20.3 Å². The molecule has 2 nitrogen and oxygen atoms in total. The molecule has 0 aromatic heterocycles. The van der Waals surface area contributed by atoms with Gasteiger partial charge in [-0.05, 0) is 31.3 Å². The Morgan fingerprint density at radius 3 is 2.27 bits per heavy atom. The van der Waals surface area contributed by atoms with Crippen LogP contribution in [0.5, 0.6) is 0 Å². The molecular weight excluding hydrogens is 338 g/mol. The first-order valence-corrected chi connectivity index (χ1v) is 8.37. The standard InChI is InChI=1S/C10H15N.C9H9BrO/c1-3-11(2)9-10-7-5-4-6-8-10;1-2-9(11)7-4-3-5-8(10)6-7/h4-8H,3,9H2,1-2H3;3-6H,2H2,1H3. The second-order valence-corrected chi connectivity index (χ2v) is 6.02. The molecular formula is C19H24BrNO. The van der Waals surface area contributed by atoms with Crippen molar-refractivity contribution >= 4 is 21.7 Å². The van der Waals surface area contributed by atoms with Crippen molar-refractivity contribution in [3.63, 3.8) is 0 Å². The van der Waals surface area contributed by atoms with Crippen LogP contribution < -0.4 is 0 Å². The van der Waals surface area contributed by atoms with Crippen molar-refractivity contribution in [1.82, 2.24) is 4.90 Å². The lowest BCUT2D eigenvalue weighted by atomic mass is 10.1. The Morgan fingerprint density at radius 2 is 1.73 bits per heavy atom. The van der Waals surface area contributed by atoms with Gasteiger partial charge < -0.3 is 4.90 Å². The van der Waals surface area contributed by atoms with Gasteiger partial charge in [-0.25, -0.2) is 0 Å². The van der Waals surface area contributed by atoms with Crippen molar-refractivity contribution in [1.29, 1.82) is 0 Å². The highest BCUT2D eigenvalue weighted by Gasteiger charge is 2.01. The minimum atomic E-state index is 0.186. The molecule has 0 fully saturated rings. The van der Waals surface area contributed by atoms with Crippen LogP contribution in [0.4, 0.5) is 0 Å². The van der Waals surface area contributed by atoms with E-state index in [1.165, 1.54) is 5.56 Å². The highest BCUT2D eigenvalue weighted by atomic mass is 79.9. The monoisotopic (exact) mass is 361 g/mol. The van der Waals surface area contributed by atoms with Crippen molar-refractivity contribution in [3.8, 4) is 0 Å². The summed E-state index contributed by atoms with van der Waals surface area (Å²) in [6.45, 7) is 6.19. The van der Waals surface area contributed by atoms with E-state index in [4.69, 9.17) is 0 Å². The number of rotatable bonds is 5. The summed E-state index contributed by atoms with van der Waals surface area (Å²) in [5.74, 6) is 0.186. The highest BCUT2D eigenvalue weighted by Crippen LogP contribution is 2.12. The van der Waals surface area contributed by atoms with Gasteiger partial charge in [0.15, 0.2) is 5.78 Å². The first-order chi connectivity index (χ1) is 10.6. The van der Waals surface area contributed by atoms with E-state index in [0.29, 0.717) is 6.42 Å². The Bertz CT molecular complexity index is 569. The lowest BCUT2D eigenvalue weighted by Crippen LogP contribution is -2.16. The van der Waals surface area contributed by atoms with E-state index < -0.39 is 0 Å². The van der Waals surface area contributed by atoms with Gasteiger partial charge in [0.05, 0.1) is 0 Å². The Balaban J connectivity index is 0.000000220. The molecule has 0 aliphatic heterocycles. The fourth-order valence-corrected chi connectivity index (χ4v) is 2.27. The largest absolute Gasteiger partial charge is 0.302 e. The quantitative estimate of drug-likeness (QED) is 0.683. The van der Waals surface area contributed by atoms with Crippen LogP contribution in [0.2, 0.25) is 0 Å². The average molecular weight is 362 g/mol. The minimum Gasteiger partial charge on any atom is -0.302 e. The van der Waals surface area contributed by atoms with Crippen LogP contribution in [0.25, 0.3) is 0 Å². The molecule has 0 aliphatic carbocycles. The van der Waals surface area contributed by atoms with E-state index in [-0.39, 0.29) is 5.78 Å². The van der Waals surface area contributed by atoms with Gasteiger partial charge in [-0.1, -0.05) is 72.2 Å². The number of nitrogens with zero attached hydrogens (tertiary/aromatic N) is 1. The van der Waals surface area contributed by atoms with Crippen molar-refractivity contribution in [2.75, 3.05) is 13.6 Å². The molecule has 0 aliphatic rings. The molecule has 0 N–H and O–H groups in total. The molecule has 2 aromatic carbocycles. The van der Waals surface area contributed by atoms with Crippen molar-refractivity contribution in [2.24, 2.45) is 0 Å². The molecule has 0 saturated carbocycles. The van der Waals surface area contributed by atoms with Crippen molar-refractivity contribution in [2.45, 2.75) is 26.8 Å². The van der Waals surface area contributed by atoms with Crippen LogP contribution in [-0.2, 0) is 6.54 Å². The van der Waals surface area contributed by atoms with Crippen LogP contribution in [0.15, 0.2) is 59.1 Å². The highest BCUT2D eigenvalue weighted by molar-refractivity contribution is 9.10. The van der Waals surface area contributed by atoms with E-state index in [1.54, 1.807) is 0 Å². The number of carbonyl (C=O) groups is 1. The third-order valence-corrected chi connectivity index (χ3v) is 3.80. The number of halogens is 1. The zero-order valence-electron chi connectivity index (χ0n) is 13.6. The molecule has 118 valence electrons. The van der Waals surface area contributed by atoms with Gasteiger partial charge in [0, 0.05) is 23.0 Å². The predicted octanol–water partition coefficient (Wildman–Crippen LogP) is 5.18. The number of benzene rings is 2. The molecule has 0 unspecified atom stereocenters. The van der Waals surface area contributed by atoms with Crippen LogP contribution in [0, 0.1) is 0 Å². The van der Waals surface area contributed by atoms with Crippen LogP contribution in [0.3, 0.4) is 0 Å². The molecule has 22 heavy (non-hydrogen) atoms. The molecule has 0 atom stereocenters. The normalized spacial score (nSPS) is 10.0. The molecule has 2 aromatic rings. The molecule has 0 spiro atoms. The second kappa shape index (κ2) is 10.3. The number of ketones is 1. The van der Waals surface area contributed by atoms with Gasteiger partial charge in [-0.15, -0.1) is 0 Å². The van der Waals surface area contributed by atoms with Gasteiger partial charge >= 0.3 is 0 Å². The fourth-order valence-electron chi connectivity index (χ4n) is 1.87. The third kappa shape index (κ3) is 7.01. The number of hydrogen-bond donors (Lipinski definition) is 0. The van der Waals surface area contributed by atoms with E-state index in [9.17, 15) is 4.79 Å². The number of hydrogen-bond acceptors (Lipinski definition) is 2. The number of carbonyl (C=O) groups excluding carboxylic acids is 1. The van der Waals surface area contributed by atoms with Gasteiger partial charge in [0.25, 0.3) is 0 Å². The third-order valence-electron chi connectivity index (χ3n) is 3.30. The second-order valence-electron chi connectivity index (χ2n) is 5.10. The molecule has 0 heterocycles. The molecule has 2 rings (SSSR count). The number of Topliss-reactive ketones (excluding diaryl/α,β-unsaturated/α-hetero) is 1. The smallest absolute Gasteiger partial charge is 0.162 e. The van der Waals surface area contributed by atoms with Gasteiger partial charge in [-0.2, -0.15) is 0 Å². The Morgan fingerprint density at radius 1 is 1.05 bits per heavy atom. The maximum absolute atomic E-state index is 11.1. The molecule has 0 bridgehead atoms. The van der Waals surface area contributed by atoms with Crippen LogP contribution in [0.1, 0.15) is 36.2 Å². The Kier molecular flexibility index (Phi) is 8.71. The van der Waals surface area contributed by atoms with E-state index in [0.717, 1.165) is 23.1 Å². The lowest BCUT2D eigenvalue weighted by molar-refractivity contribution is 0.0988.